The highest BCUT2D eigenvalue weighted by Gasteiger charge is 2.21. The Labute approximate surface area is 310 Å². The van der Waals surface area contributed by atoms with Gasteiger partial charge in [0.1, 0.15) is 17.2 Å². The van der Waals surface area contributed by atoms with Crippen LogP contribution in [-0.2, 0) is 57.8 Å². The molecule has 0 fully saturated rings. The average molecular weight is 691 g/mol. The first kappa shape index (κ1) is 40.1. The Balaban J connectivity index is 1.95. The predicted octanol–water partition coefficient (Wildman–Crippen LogP) is 12.2. The molecule has 0 aromatic heterocycles. The van der Waals surface area contributed by atoms with Crippen LogP contribution in [0, 0.1) is 20.8 Å². The Morgan fingerprint density at radius 2 is 0.510 bits per heavy atom. The molecule has 0 heterocycles. The summed E-state index contributed by atoms with van der Waals surface area (Å²) < 4.78 is 0. The number of hydrogen-bond acceptors (Lipinski definition) is 3. The van der Waals surface area contributed by atoms with E-state index in [1.165, 1.54) is 50.1 Å². The molecular weight excluding hydrogens is 625 g/mol. The molecule has 0 unspecified atom stereocenters. The van der Waals surface area contributed by atoms with Gasteiger partial charge in [-0.2, -0.15) is 0 Å². The standard InChI is InChI=1S/C48H66O3/c1-10-16-37-22-34(23-38(17-11-2)46(37)49)28-43-31(7)44(29-35-24-39(18-12-3)47(50)40(25-35)19-13-4)33(9)45(32(43)8)30-36-26-41(20-14-5)48(51)42(27-36)21-15-6/h22-27,49-51H,10-21,28-30H2,1-9H3. The first-order valence-electron chi connectivity index (χ1n) is 20.1. The van der Waals surface area contributed by atoms with Crippen molar-refractivity contribution in [2.75, 3.05) is 0 Å². The van der Waals surface area contributed by atoms with Gasteiger partial charge >= 0.3 is 0 Å². The minimum absolute atomic E-state index is 0.484. The Kier molecular flexibility index (Phi) is 14.7. The first-order valence-corrected chi connectivity index (χ1v) is 20.1. The van der Waals surface area contributed by atoms with Crippen molar-refractivity contribution >= 4 is 0 Å². The number of aryl methyl sites for hydroxylation is 6. The van der Waals surface area contributed by atoms with Crippen LogP contribution in [0.2, 0.25) is 0 Å². The number of benzene rings is 4. The Morgan fingerprint density at radius 1 is 0.333 bits per heavy atom. The molecule has 4 aromatic carbocycles. The van der Waals surface area contributed by atoms with Gasteiger partial charge in [-0.1, -0.05) is 116 Å². The molecule has 4 rings (SSSR count). The maximum atomic E-state index is 11.1. The van der Waals surface area contributed by atoms with Crippen molar-refractivity contribution in [3.8, 4) is 17.2 Å². The third-order valence-corrected chi connectivity index (χ3v) is 11.0. The molecule has 0 aliphatic rings. The summed E-state index contributed by atoms with van der Waals surface area (Å²) >= 11 is 0. The van der Waals surface area contributed by atoms with Gasteiger partial charge in [-0.3, -0.25) is 0 Å². The van der Waals surface area contributed by atoms with E-state index in [-0.39, 0.29) is 0 Å². The van der Waals surface area contributed by atoms with Gasteiger partial charge in [-0.25, -0.2) is 0 Å². The SMILES string of the molecule is CCCc1cc(Cc2c(C)c(Cc3cc(CCC)c(O)c(CCC)c3)c(C)c(Cc3cc(CCC)c(O)c(CCC)c3)c2C)cc(CCC)c1O. The summed E-state index contributed by atoms with van der Waals surface area (Å²) in [6.07, 6.45) is 13.7. The summed E-state index contributed by atoms with van der Waals surface area (Å²) in [5, 5.41) is 33.4. The van der Waals surface area contributed by atoms with Crippen LogP contribution in [-0.4, -0.2) is 15.3 Å². The van der Waals surface area contributed by atoms with Gasteiger partial charge in [0.25, 0.3) is 0 Å². The lowest BCUT2D eigenvalue weighted by Crippen LogP contribution is -2.11. The second-order valence-corrected chi connectivity index (χ2v) is 15.1. The van der Waals surface area contributed by atoms with E-state index in [0.29, 0.717) is 17.2 Å². The number of phenols is 3. The van der Waals surface area contributed by atoms with Crippen LogP contribution in [0.25, 0.3) is 0 Å². The van der Waals surface area contributed by atoms with Crippen molar-refractivity contribution < 1.29 is 15.3 Å². The lowest BCUT2D eigenvalue weighted by Gasteiger charge is -2.24. The van der Waals surface area contributed by atoms with E-state index >= 15 is 0 Å². The summed E-state index contributed by atoms with van der Waals surface area (Å²) in [4.78, 5) is 0. The van der Waals surface area contributed by atoms with Crippen molar-refractivity contribution in [3.05, 3.63) is 120 Å². The highest BCUT2D eigenvalue weighted by atomic mass is 16.3. The van der Waals surface area contributed by atoms with Gasteiger partial charge in [-0.05, 0) is 162 Å². The van der Waals surface area contributed by atoms with Crippen LogP contribution >= 0.6 is 0 Å². The molecule has 0 bridgehead atoms. The molecule has 0 amide bonds. The van der Waals surface area contributed by atoms with Crippen LogP contribution in [0.15, 0.2) is 36.4 Å². The third kappa shape index (κ3) is 9.39. The second kappa shape index (κ2) is 18.7. The molecule has 4 aromatic rings. The molecule has 3 N–H and O–H groups in total. The van der Waals surface area contributed by atoms with Gasteiger partial charge in [-0.15, -0.1) is 0 Å². The number of rotatable bonds is 18. The van der Waals surface area contributed by atoms with Crippen LogP contribution in [0.3, 0.4) is 0 Å². The maximum Gasteiger partial charge on any atom is 0.121 e. The van der Waals surface area contributed by atoms with E-state index in [1.54, 1.807) is 0 Å². The molecule has 0 saturated carbocycles. The second-order valence-electron chi connectivity index (χ2n) is 15.1. The fraction of sp³-hybridized carbons (Fsp3) is 0.500. The molecule has 3 heteroatoms. The van der Waals surface area contributed by atoms with E-state index in [0.717, 1.165) is 130 Å². The smallest absolute Gasteiger partial charge is 0.121 e. The Morgan fingerprint density at radius 3 is 0.667 bits per heavy atom. The third-order valence-electron chi connectivity index (χ3n) is 11.0. The van der Waals surface area contributed by atoms with E-state index in [2.05, 4.69) is 98.7 Å². The van der Waals surface area contributed by atoms with Crippen LogP contribution in [0.5, 0.6) is 17.2 Å². The molecule has 0 aliphatic heterocycles. The normalized spacial score (nSPS) is 11.5. The van der Waals surface area contributed by atoms with E-state index < -0.39 is 0 Å². The Bertz CT molecular complexity index is 1480. The zero-order chi connectivity index (χ0) is 37.2. The molecule has 0 saturated heterocycles. The van der Waals surface area contributed by atoms with Crippen molar-refractivity contribution in [1.29, 1.82) is 0 Å². The minimum atomic E-state index is 0.484. The molecule has 51 heavy (non-hydrogen) atoms. The fourth-order valence-corrected chi connectivity index (χ4v) is 8.36. The van der Waals surface area contributed by atoms with E-state index in [9.17, 15) is 15.3 Å². The van der Waals surface area contributed by atoms with Crippen molar-refractivity contribution in [3.63, 3.8) is 0 Å². The first-order chi connectivity index (χ1) is 24.5. The lowest BCUT2D eigenvalue weighted by molar-refractivity contribution is 0.459. The largest absolute Gasteiger partial charge is 0.507 e. The van der Waals surface area contributed by atoms with Gasteiger partial charge in [0.15, 0.2) is 0 Å². The highest BCUT2D eigenvalue weighted by molar-refractivity contribution is 5.57. The average Bonchev–Trinajstić information content (AvgIpc) is 3.10. The van der Waals surface area contributed by atoms with Gasteiger partial charge in [0, 0.05) is 0 Å². The summed E-state index contributed by atoms with van der Waals surface area (Å²) in [5.74, 6) is 1.45. The zero-order valence-corrected chi connectivity index (χ0v) is 33.4. The number of hydrogen-bond donors (Lipinski definition) is 3. The summed E-state index contributed by atoms with van der Waals surface area (Å²) in [6, 6.07) is 13.5. The summed E-state index contributed by atoms with van der Waals surface area (Å²) in [7, 11) is 0. The molecule has 3 nitrogen and oxygen atoms in total. The van der Waals surface area contributed by atoms with Crippen molar-refractivity contribution in [2.24, 2.45) is 0 Å². The summed E-state index contributed by atoms with van der Waals surface area (Å²) in [6.45, 7) is 20.0. The molecule has 0 spiro atoms. The molecule has 276 valence electrons. The lowest BCUT2D eigenvalue weighted by atomic mass is 9.80. The maximum absolute atomic E-state index is 11.1. The minimum Gasteiger partial charge on any atom is -0.507 e. The molecule has 0 radical (unpaired) electrons. The number of aromatic hydroxyl groups is 3. The van der Waals surface area contributed by atoms with Crippen LogP contribution in [0.1, 0.15) is 164 Å². The van der Waals surface area contributed by atoms with Gasteiger partial charge in [0.05, 0.1) is 0 Å². The highest BCUT2D eigenvalue weighted by Crippen LogP contribution is 2.37. The van der Waals surface area contributed by atoms with Gasteiger partial charge < -0.3 is 15.3 Å². The van der Waals surface area contributed by atoms with Gasteiger partial charge in [0.2, 0.25) is 0 Å². The summed E-state index contributed by atoms with van der Waals surface area (Å²) in [5.41, 5.74) is 18.4. The Hall–Kier alpha value is -3.72. The zero-order valence-electron chi connectivity index (χ0n) is 33.4. The quantitative estimate of drug-likeness (QED) is 0.0974. The van der Waals surface area contributed by atoms with Crippen LogP contribution < -0.4 is 0 Å². The van der Waals surface area contributed by atoms with E-state index in [1.807, 2.05) is 0 Å². The fourth-order valence-electron chi connectivity index (χ4n) is 8.36. The van der Waals surface area contributed by atoms with Crippen molar-refractivity contribution in [2.45, 2.75) is 159 Å². The number of phenolic OH excluding ortho intramolecular Hbond substituents is 3. The molecule has 0 atom stereocenters. The topological polar surface area (TPSA) is 60.7 Å². The monoisotopic (exact) mass is 691 g/mol. The molecule has 0 aliphatic carbocycles. The predicted molar refractivity (Wildman–Crippen MR) is 217 cm³/mol. The van der Waals surface area contributed by atoms with E-state index in [4.69, 9.17) is 0 Å². The van der Waals surface area contributed by atoms with Crippen LogP contribution in [0.4, 0.5) is 0 Å². The molecular formula is C48H66O3. The van der Waals surface area contributed by atoms with Crippen molar-refractivity contribution in [1.82, 2.24) is 0 Å².